The Morgan fingerprint density at radius 2 is 1.96 bits per heavy atom. The molecule has 1 aromatic carbocycles. The minimum Gasteiger partial charge on any atom is -0.379 e. The van der Waals surface area contributed by atoms with E-state index in [1.807, 2.05) is 12.1 Å². The van der Waals surface area contributed by atoms with Crippen molar-refractivity contribution >= 4 is 17.6 Å². The van der Waals surface area contributed by atoms with Gasteiger partial charge in [-0.3, -0.25) is 9.89 Å². The van der Waals surface area contributed by atoms with Gasteiger partial charge in [-0.1, -0.05) is 30.2 Å². The van der Waals surface area contributed by atoms with E-state index in [1.165, 1.54) is 31.2 Å². The molecule has 0 bridgehead atoms. The van der Waals surface area contributed by atoms with Gasteiger partial charge in [-0.2, -0.15) is 0 Å². The lowest BCUT2D eigenvalue weighted by Crippen LogP contribution is -2.47. The van der Waals surface area contributed by atoms with Crippen molar-refractivity contribution in [2.24, 2.45) is 4.99 Å². The van der Waals surface area contributed by atoms with E-state index in [9.17, 15) is 0 Å². The Morgan fingerprint density at radius 1 is 1.21 bits per heavy atom. The Kier molecular flexibility index (Phi) is 6.44. The minimum atomic E-state index is 0.189. The Balaban J connectivity index is 1.43. The number of benzene rings is 1. The van der Waals surface area contributed by atoms with Gasteiger partial charge >= 0.3 is 0 Å². The van der Waals surface area contributed by atoms with Gasteiger partial charge in [-0.05, 0) is 43.9 Å². The number of guanidine groups is 1. The zero-order chi connectivity index (χ0) is 19.4. The summed E-state index contributed by atoms with van der Waals surface area (Å²) in [5.74, 6) is 1.08. The molecule has 3 fully saturated rings. The second kappa shape index (κ2) is 9.02. The van der Waals surface area contributed by atoms with Crippen LogP contribution in [0.4, 0.5) is 0 Å². The summed E-state index contributed by atoms with van der Waals surface area (Å²) >= 11 is 6.10. The lowest BCUT2D eigenvalue weighted by molar-refractivity contribution is 0.0195. The van der Waals surface area contributed by atoms with Crippen LogP contribution in [0.25, 0.3) is 0 Å². The van der Waals surface area contributed by atoms with Crippen LogP contribution in [0.15, 0.2) is 29.3 Å². The molecule has 5 nitrogen and oxygen atoms in total. The molecule has 1 N–H and O–H groups in total. The highest BCUT2D eigenvalue weighted by atomic mass is 35.5. The van der Waals surface area contributed by atoms with Gasteiger partial charge in [0.25, 0.3) is 0 Å². The molecule has 1 unspecified atom stereocenters. The van der Waals surface area contributed by atoms with Crippen molar-refractivity contribution in [1.82, 2.24) is 15.1 Å². The minimum absolute atomic E-state index is 0.189. The van der Waals surface area contributed by atoms with Gasteiger partial charge in [-0.25, -0.2) is 0 Å². The number of aliphatic imine (C=N–C) groups is 1. The third-order valence-electron chi connectivity index (χ3n) is 6.66. The van der Waals surface area contributed by atoms with Gasteiger partial charge in [0.2, 0.25) is 0 Å². The molecule has 0 spiro atoms. The molecule has 28 heavy (non-hydrogen) atoms. The van der Waals surface area contributed by atoms with Crippen LogP contribution in [0, 0.1) is 0 Å². The number of nitrogens with zero attached hydrogens (tertiary/aromatic N) is 3. The molecule has 0 radical (unpaired) electrons. The van der Waals surface area contributed by atoms with E-state index in [0.717, 1.165) is 63.5 Å². The highest BCUT2D eigenvalue weighted by molar-refractivity contribution is 6.30. The first-order valence-corrected chi connectivity index (χ1v) is 11.2. The molecule has 1 saturated carbocycles. The van der Waals surface area contributed by atoms with Gasteiger partial charge in [0.1, 0.15) is 0 Å². The van der Waals surface area contributed by atoms with E-state index in [-0.39, 0.29) is 5.41 Å². The number of hydrogen-bond acceptors (Lipinski definition) is 3. The van der Waals surface area contributed by atoms with Crippen LogP contribution in [-0.2, 0) is 10.2 Å². The predicted molar refractivity (Wildman–Crippen MR) is 115 cm³/mol. The molecule has 2 aliphatic heterocycles. The first-order chi connectivity index (χ1) is 13.7. The van der Waals surface area contributed by atoms with E-state index in [2.05, 4.69) is 34.2 Å². The van der Waals surface area contributed by atoms with Gasteiger partial charge in [0.15, 0.2) is 5.96 Å². The molecular formula is C22H33ClN4O. The molecule has 3 aliphatic rings. The molecule has 0 aromatic heterocycles. The molecule has 2 saturated heterocycles. The summed E-state index contributed by atoms with van der Waals surface area (Å²) in [5.41, 5.74) is 1.57. The molecule has 4 rings (SSSR count). The van der Waals surface area contributed by atoms with Crippen molar-refractivity contribution in [2.45, 2.75) is 44.1 Å². The van der Waals surface area contributed by atoms with E-state index >= 15 is 0 Å². The lowest BCUT2D eigenvalue weighted by Gasteiger charge is -2.41. The van der Waals surface area contributed by atoms with Crippen LogP contribution in [0.3, 0.4) is 0 Å². The van der Waals surface area contributed by atoms with Gasteiger partial charge in [0.05, 0.1) is 19.8 Å². The van der Waals surface area contributed by atoms with Crippen molar-refractivity contribution < 1.29 is 4.74 Å². The molecule has 1 aliphatic carbocycles. The van der Waals surface area contributed by atoms with Crippen LogP contribution >= 0.6 is 11.6 Å². The maximum Gasteiger partial charge on any atom is 0.193 e. The van der Waals surface area contributed by atoms with Crippen LogP contribution in [0.2, 0.25) is 5.02 Å². The van der Waals surface area contributed by atoms with Crippen molar-refractivity contribution in [1.29, 1.82) is 0 Å². The summed E-state index contributed by atoms with van der Waals surface area (Å²) in [7, 11) is 0. The summed E-state index contributed by atoms with van der Waals surface area (Å²) in [6, 6.07) is 9.03. The molecule has 154 valence electrons. The fraction of sp³-hybridized carbons (Fsp3) is 0.682. The molecule has 6 heteroatoms. The van der Waals surface area contributed by atoms with Crippen LogP contribution in [-0.4, -0.2) is 74.3 Å². The number of rotatable bonds is 5. The highest BCUT2D eigenvalue weighted by Gasteiger charge is 2.39. The smallest absolute Gasteiger partial charge is 0.193 e. The summed E-state index contributed by atoms with van der Waals surface area (Å²) in [5, 5.41) is 4.35. The van der Waals surface area contributed by atoms with E-state index in [4.69, 9.17) is 21.3 Å². The average Bonchev–Trinajstić information content (AvgIpc) is 3.18. The van der Waals surface area contributed by atoms with Crippen LogP contribution < -0.4 is 5.32 Å². The third-order valence-corrected chi connectivity index (χ3v) is 6.91. The summed E-state index contributed by atoms with van der Waals surface area (Å²) in [6.45, 7) is 9.94. The summed E-state index contributed by atoms with van der Waals surface area (Å²) in [6.07, 6.45) is 4.94. The van der Waals surface area contributed by atoms with Crippen LogP contribution in [0.5, 0.6) is 0 Å². The number of halogens is 1. The normalized spacial score (nSPS) is 25.6. The zero-order valence-electron chi connectivity index (χ0n) is 17.0. The Bertz CT molecular complexity index is 668. The Labute approximate surface area is 174 Å². The number of morpholine rings is 1. The van der Waals surface area contributed by atoms with Gasteiger partial charge in [-0.15, -0.1) is 0 Å². The van der Waals surface area contributed by atoms with Gasteiger partial charge in [0, 0.05) is 49.2 Å². The molecular weight excluding hydrogens is 372 g/mol. The van der Waals surface area contributed by atoms with Crippen molar-refractivity contribution in [2.75, 3.05) is 52.5 Å². The SMILES string of the molecule is CCNC(=NCC1(c2ccc(Cl)cc2)CCC1)N1CCC(N2CCOCC2)C1. The fourth-order valence-corrected chi connectivity index (χ4v) is 4.90. The summed E-state index contributed by atoms with van der Waals surface area (Å²) < 4.78 is 5.52. The van der Waals surface area contributed by atoms with E-state index in [0.29, 0.717) is 6.04 Å². The number of likely N-dealkylation sites (tertiary alicyclic amines) is 1. The molecule has 0 amide bonds. The number of hydrogen-bond donors (Lipinski definition) is 1. The lowest BCUT2D eigenvalue weighted by atomic mass is 9.64. The second-order valence-electron chi connectivity index (χ2n) is 8.35. The Hall–Kier alpha value is -1.30. The maximum atomic E-state index is 6.10. The third kappa shape index (κ3) is 4.32. The van der Waals surface area contributed by atoms with Crippen molar-refractivity contribution in [3.05, 3.63) is 34.9 Å². The predicted octanol–water partition coefficient (Wildman–Crippen LogP) is 3.13. The molecule has 2 heterocycles. The molecule has 1 atom stereocenters. The number of nitrogens with one attached hydrogen (secondary N) is 1. The summed E-state index contributed by atoms with van der Waals surface area (Å²) in [4.78, 5) is 10.2. The number of ether oxygens (including phenoxy) is 1. The fourth-order valence-electron chi connectivity index (χ4n) is 4.77. The maximum absolute atomic E-state index is 6.10. The second-order valence-corrected chi connectivity index (χ2v) is 8.78. The average molecular weight is 405 g/mol. The van der Waals surface area contributed by atoms with E-state index < -0.39 is 0 Å². The first-order valence-electron chi connectivity index (χ1n) is 10.8. The topological polar surface area (TPSA) is 40.1 Å². The quantitative estimate of drug-likeness (QED) is 0.604. The Morgan fingerprint density at radius 3 is 2.61 bits per heavy atom. The molecule has 1 aromatic rings. The van der Waals surface area contributed by atoms with Crippen molar-refractivity contribution in [3.63, 3.8) is 0 Å². The highest BCUT2D eigenvalue weighted by Crippen LogP contribution is 2.44. The van der Waals surface area contributed by atoms with Crippen LogP contribution in [0.1, 0.15) is 38.2 Å². The largest absolute Gasteiger partial charge is 0.379 e. The zero-order valence-corrected chi connectivity index (χ0v) is 17.8. The monoisotopic (exact) mass is 404 g/mol. The standard InChI is InChI=1S/C22H33ClN4O/c1-2-24-21(27-11-8-20(16-27)26-12-14-28-15-13-26)25-17-22(9-3-10-22)18-4-6-19(23)7-5-18/h4-7,20H,2-3,8-17H2,1H3,(H,24,25). The van der Waals surface area contributed by atoms with Crippen molar-refractivity contribution in [3.8, 4) is 0 Å². The van der Waals surface area contributed by atoms with Gasteiger partial charge < -0.3 is 15.0 Å². The van der Waals surface area contributed by atoms with E-state index in [1.54, 1.807) is 0 Å². The first kappa shape index (κ1) is 20.0.